The zero-order valence-corrected chi connectivity index (χ0v) is 19.0. The van der Waals surface area contributed by atoms with E-state index in [4.69, 9.17) is 4.84 Å². The molecule has 0 saturated carbocycles. The largest absolute Gasteiger partial charge is 0.387 e. The van der Waals surface area contributed by atoms with Gasteiger partial charge in [0.1, 0.15) is 0 Å². The molecule has 0 fully saturated rings. The fourth-order valence-corrected chi connectivity index (χ4v) is 3.65. The minimum atomic E-state index is -0.293. The summed E-state index contributed by atoms with van der Waals surface area (Å²) < 4.78 is 1.25. The van der Waals surface area contributed by atoms with Crippen LogP contribution in [0, 0.1) is 0 Å². The topological polar surface area (TPSA) is 97.5 Å². The van der Waals surface area contributed by atoms with Crippen LogP contribution in [-0.4, -0.2) is 31.8 Å². The highest BCUT2D eigenvalue weighted by atomic mass is 16.6. The highest BCUT2D eigenvalue weighted by Crippen LogP contribution is 2.19. The van der Waals surface area contributed by atoms with Gasteiger partial charge in [0.25, 0.3) is 5.56 Å². The summed E-state index contributed by atoms with van der Waals surface area (Å²) in [5.41, 5.74) is 4.44. The summed E-state index contributed by atoms with van der Waals surface area (Å²) in [6, 6.07) is 26.6. The summed E-state index contributed by atoms with van der Waals surface area (Å²) in [5.74, 6) is 0.333. The molecule has 172 valence electrons. The zero-order chi connectivity index (χ0) is 24.0. The van der Waals surface area contributed by atoms with Gasteiger partial charge in [-0.25, -0.2) is 4.98 Å². The molecule has 35 heavy (non-hydrogen) atoms. The van der Waals surface area contributed by atoms with Crippen molar-refractivity contribution in [2.24, 2.45) is 10.3 Å². The maximum atomic E-state index is 13.3. The molecule has 5 aromatic rings. The first kappa shape index (κ1) is 22.0. The van der Waals surface area contributed by atoms with Crippen LogP contribution in [0.3, 0.4) is 0 Å². The summed E-state index contributed by atoms with van der Waals surface area (Å²) in [7, 11) is 0. The lowest BCUT2D eigenvalue weighted by Crippen LogP contribution is -2.22. The van der Waals surface area contributed by atoms with E-state index in [1.807, 2.05) is 73.7 Å². The van der Waals surface area contributed by atoms with Gasteiger partial charge in [0.15, 0.2) is 12.4 Å². The third-order valence-electron chi connectivity index (χ3n) is 5.45. The summed E-state index contributed by atoms with van der Waals surface area (Å²) in [6.45, 7) is 1.83. The molecule has 0 radical (unpaired) electrons. The van der Waals surface area contributed by atoms with Crippen LogP contribution >= 0.6 is 0 Å². The van der Waals surface area contributed by atoms with E-state index < -0.39 is 0 Å². The fourth-order valence-electron chi connectivity index (χ4n) is 3.65. The Bertz CT molecular complexity index is 1570. The second-order valence-corrected chi connectivity index (χ2v) is 7.79. The molecule has 5 rings (SSSR count). The summed E-state index contributed by atoms with van der Waals surface area (Å²) >= 11 is 0. The van der Waals surface area contributed by atoms with Crippen molar-refractivity contribution in [3.05, 3.63) is 118 Å². The average molecular weight is 463 g/mol. The third kappa shape index (κ3) is 4.77. The van der Waals surface area contributed by atoms with Crippen LogP contribution in [0.1, 0.15) is 23.9 Å². The van der Waals surface area contributed by atoms with Crippen molar-refractivity contribution >= 4 is 22.8 Å². The van der Waals surface area contributed by atoms with Crippen molar-refractivity contribution in [1.29, 1.82) is 0 Å². The first-order chi connectivity index (χ1) is 17.2. The number of oxime groups is 1. The number of benzene rings is 3. The molecule has 0 amide bonds. The van der Waals surface area contributed by atoms with Crippen LogP contribution < -0.4 is 5.56 Å². The van der Waals surface area contributed by atoms with Crippen molar-refractivity contribution in [2.45, 2.75) is 13.5 Å². The zero-order valence-electron chi connectivity index (χ0n) is 19.0. The lowest BCUT2D eigenvalue weighted by Gasteiger charge is -2.09. The van der Waals surface area contributed by atoms with E-state index in [1.54, 1.807) is 30.6 Å². The van der Waals surface area contributed by atoms with Gasteiger partial charge < -0.3 is 4.84 Å². The molecule has 1 N–H and O–H groups in total. The first-order valence-corrected chi connectivity index (χ1v) is 11.1. The van der Waals surface area contributed by atoms with Gasteiger partial charge in [-0.2, -0.15) is 14.9 Å². The van der Waals surface area contributed by atoms with Gasteiger partial charge in [0.05, 0.1) is 34.7 Å². The number of nitrogens with one attached hydrogen (secondary N) is 1. The number of hydrogen-bond donors (Lipinski definition) is 1. The molecule has 0 bridgehead atoms. The Hall–Kier alpha value is -4.85. The molecule has 8 nitrogen and oxygen atoms in total. The van der Waals surface area contributed by atoms with Gasteiger partial charge in [-0.1, -0.05) is 78.0 Å². The van der Waals surface area contributed by atoms with E-state index in [2.05, 4.69) is 25.4 Å². The Morgan fingerprint density at radius 2 is 1.71 bits per heavy atom. The van der Waals surface area contributed by atoms with E-state index in [-0.39, 0.29) is 12.2 Å². The molecule has 2 heterocycles. The van der Waals surface area contributed by atoms with Crippen LogP contribution in [0.5, 0.6) is 0 Å². The van der Waals surface area contributed by atoms with E-state index in [0.717, 1.165) is 28.1 Å². The maximum Gasteiger partial charge on any atom is 0.282 e. The maximum absolute atomic E-state index is 13.3. The molecule has 0 saturated heterocycles. The number of nitrogens with zero attached hydrogens (tertiary/aromatic N) is 5. The van der Waals surface area contributed by atoms with Gasteiger partial charge >= 0.3 is 0 Å². The van der Waals surface area contributed by atoms with E-state index in [0.29, 0.717) is 16.7 Å². The Morgan fingerprint density at radius 1 is 1.00 bits per heavy atom. The SMILES string of the molecule is C/C(=N/OCc1nc2ccccc2c(=O)n1/N=C\c1cn[nH]c1-c1ccccc1)c1ccccc1. The lowest BCUT2D eigenvalue weighted by molar-refractivity contribution is 0.122. The van der Waals surface area contributed by atoms with E-state index in [9.17, 15) is 4.79 Å². The number of hydrogen-bond acceptors (Lipinski definition) is 6. The molecule has 2 aromatic heterocycles. The number of fused-ring (bicyclic) bond motifs is 1. The number of aromatic amines is 1. The summed E-state index contributed by atoms with van der Waals surface area (Å²) in [5, 5.41) is 16.3. The normalized spacial score (nSPS) is 11.9. The standard InChI is InChI=1S/C27H22N6O2/c1-19(20-10-4-2-5-11-20)32-35-18-25-30-24-15-9-8-14-23(24)27(34)33(25)29-17-22-16-28-31-26(22)21-12-6-3-7-13-21/h2-17H,18H2,1H3,(H,28,31)/b29-17-,32-19-. The fraction of sp³-hybridized carbons (Fsp3) is 0.0741. The number of aromatic nitrogens is 4. The Balaban J connectivity index is 1.49. The van der Waals surface area contributed by atoms with Crippen LogP contribution in [0.15, 0.2) is 106 Å². The predicted octanol–water partition coefficient (Wildman–Crippen LogP) is 4.61. The van der Waals surface area contributed by atoms with Crippen molar-refractivity contribution in [1.82, 2.24) is 19.9 Å². The van der Waals surface area contributed by atoms with E-state index >= 15 is 0 Å². The number of rotatable bonds is 7. The molecule has 0 atom stereocenters. The van der Waals surface area contributed by atoms with Crippen molar-refractivity contribution in [2.75, 3.05) is 0 Å². The van der Waals surface area contributed by atoms with Crippen LogP contribution in [0.25, 0.3) is 22.2 Å². The van der Waals surface area contributed by atoms with E-state index in [1.165, 1.54) is 4.68 Å². The van der Waals surface area contributed by atoms with Gasteiger partial charge in [-0.3, -0.25) is 9.89 Å². The summed E-state index contributed by atoms with van der Waals surface area (Å²) in [6.07, 6.45) is 3.25. The smallest absolute Gasteiger partial charge is 0.282 e. The monoisotopic (exact) mass is 462 g/mol. The first-order valence-electron chi connectivity index (χ1n) is 11.1. The molecule has 8 heteroatoms. The number of para-hydroxylation sites is 1. The number of H-pyrrole nitrogens is 1. The molecule has 0 aliphatic carbocycles. The Labute approximate surface area is 201 Å². The molecule has 0 aliphatic rings. The third-order valence-corrected chi connectivity index (χ3v) is 5.45. The van der Waals surface area contributed by atoms with Gasteiger partial charge in [0.2, 0.25) is 0 Å². The molecule has 0 unspecified atom stereocenters. The van der Waals surface area contributed by atoms with Gasteiger partial charge in [-0.15, -0.1) is 0 Å². The molecular formula is C27H22N6O2. The van der Waals surface area contributed by atoms with Crippen molar-refractivity contribution in [3.63, 3.8) is 0 Å². The quantitative estimate of drug-likeness (QED) is 0.282. The molecule has 0 aliphatic heterocycles. The van der Waals surface area contributed by atoms with Gasteiger partial charge in [-0.05, 0) is 24.6 Å². The highest BCUT2D eigenvalue weighted by Gasteiger charge is 2.12. The minimum absolute atomic E-state index is 0.0292. The van der Waals surface area contributed by atoms with Crippen molar-refractivity contribution < 1.29 is 4.84 Å². The lowest BCUT2D eigenvalue weighted by atomic mass is 10.1. The minimum Gasteiger partial charge on any atom is -0.387 e. The highest BCUT2D eigenvalue weighted by molar-refractivity contribution is 5.98. The average Bonchev–Trinajstić information content (AvgIpc) is 3.38. The molecule has 0 spiro atoms. The molecular weight excluding hydrogens is 440 g/mol. The van der Waals surface area contributed by atoms with Gasteiger partial charge in [0, 0.05) is 11.1 Å². The van der Waals surface area contributed by atoms with Crippen LogP contribution in [0.2, 0.25) is 0 Å². The Morgan fingerprint density at radius 3 is 2.51 bits per heavy atom. The Kier molecular flexibility index (Phi) is 6.25. The summed E-state index contributed by atoms with van der Waals surface area (Å²) in [4.78, 5) is 23.5. The molecule has 3 aromatic carbocycles. The second-order valence-electron chi connectivity index (χ2n) is 7.79. The van der Waals surface area contributed by atoms with Crippen molar-refractivity contribution in [3.8, 4) is 11.3 Å². The second kappa shape index (κ2) is 9.96. The van der Waals surface area contributed by atoms with Crippen LogP contribution in [0.4, 0.5) is 0 Å². The van der Waals surface area contributed by atoms with Crippen LogP contribution in [-0.2, 0) is 11.4 Å². The predicted molar refractivity (Wildman–Crippen MR) is 136 cm³/mol.